The van der Waals surface area contributed by atoms with Crippen LogP contribution in [0.25, 0.3) is 109 Å². The van der Waals surface area contributed by atoms with Gasteiger partial charge in [-0.15, -0.1) is 11.3 Å². The molecule has 64 heavy (non-hydrogen) atoms. The minimum Gasteiger partial charge on any atom is -0.256 e. The lowest BCUT2D eigenvalue weighted by atomic mass is 9.70. The topological polar surface area (TPSA) is 51.6 Å². The van der Waals surface area contributed by atoms with Gasteiger partial charge in [0.05, 0.1) is 10.9 Å². The Hall–Kier alpha value is -8.12. The van der Waals surface area contributed by atoms with Crippen molar-refractivity contribution in [1.29, 1.82) is 0 Å². The third-order valence-corrected chi connectivity index (χ3v) is 14.8. The second-order valence-corrected chi connectivity index (χ2v) is 18.0. The summed E-state index contributed by atoms with van der Waals surface area (Å²) < 4.78 is 2.41. The van der Waals surface area contributed by atoms with Gasteiger partial charge in [-0.05, 0) is 103 Å². The SMILES string of the molecule is c1ccc2c(c1)-c1ccccc1C21c2ccccc2-c2ccc(-c3nc(-c4ccc5ccc(-c6cnc7ccccc7c6)cc5c4)nc(-c4cccc5c4sc4ccccc45)n3)cc21. The fourth-order valence-electron chi connectivity index (χ4n) is 10.7. The Balaban J connectivity index is 0.987. The minimum absolute atomic E-state index is 0.479. The van der Waals surface area contributed by atoms with E-state index in [0.29, 0.717) is 17.5 Å². The molecule has 0 N–H and O–H groups in total. The lowest BCUT2D eigenvalue weighted by Gasteiger charge is -2.30. The predicted molar refractivity (Wildman–Crippen MR) is 264 cm³/mol. The van der Waals surface area contributed by atoms with Gasteiger partial charge >= 0.3 is 0 Å². The Morgan fingerprint density at radius 3 is 1.66 bits per heavy atom. The van der Waals surface area contributed by atoms with E-state index in [-0.39, 0.29) is 0 Å². The first kappa shape index (κ1) is 35.5. The van der Waals surface area contributed by atoms with Gasteiger partial charge in [0.15, 0.2) is 17.5 Å². The van der Waals surface area contributed by atoms with Gasteiger partial charge in [-0.25, -0.2) is 15.0 Å². The van der Waals surface area contributed by atoms with Crippen LogP contribution in [0.1, 0.15) is 22.3 Å². The molecule has 0 unspecified atom stereocenters. The van der Waals surface area contributed by atoms with Gasteiger partial charge in [0, 0.05) is 54.0 Å². The molecular weight excluding hydrogens is 797 g/mol. The van der Waals surface area contributed by atoms with Crippen molar-refractivity contribution in [1.82, 2.24) is 19.9 Å². The summed E-state index contributed by atoms with van der Waals surface area (Å²) in [5.41, 5.74) is 15.8. The van der Waals surface area contributed by atoms with Gasteiger partial charge in [-0.2, -0.15) is 0 Å². The molecule has 9 aromatic carbocycles. The van der Waals surface area contributed by atoms with Crippen molar-refractivity contribution in [2.24, 2.45) is 0 Å². The highest BCUT2D eigenvalue weighted by Gasteiger charge is 2.51. The number of hydrogen-bond donors (Lipinski definition) is 0. The highest BCUT2D eigenvalue weighted by atomic mass is 32.1. The van der Waals surface area contributed by atoms with Crippen molar-refractivity contribution < 1.29 is 0 Å². The molecule has 14 rings (SSSR count). The van der Waals surface area contributed by atoms with E-state index in [1.807, 2.05) is 12.3 Å². The first-order valence-electron chi connectivity index (χ1n) is 21.7. The summed E-state index contributed by atoms with van der Waals surface area (Å²) in [6, 6.07) is 72.4. The molecule has 0 saturated heterocycles. The van der Waals surface area contributed by atoms with Crippen LogP contribution in [0.5, 0.6) is 0 Å². The van der Waals surface area contributed by atoms with E-state index in [1.165, 1.54) is 64.7 Å². The van der Waals surface area contributed by atoms with Crippen molar-refractivity contribution >= 4 is 53.2 Å². The Labute approximate surface area is 372 Å². The van der Waals surface area contributed by atoms with Crippen LogP contribution in [-0.4, -0.2) is 19.9 Å². The maximum Gasteiger partial charge on any atom is 0.165 e. The summed E-state index contributed by atoms with van der Waals surface area (Å²) in [5, 5.41) is 5.82. The first-order valence-corrected chi connectivity index (χ1v) is 22.5. The molecule has 1 spiro atoms. The van der Waals surface area contributed by atoms with Crippen molar-refractivity contribution in [2.75, 3.05) is 0 Å². The van der Waals surface area contributed by atoms with E-state index >= 15 is 0 Å². The number of pyridine rings is 1. The lowest BCUT2D eigenvalue weighted by Crippen LogP contribution is -2.25. The predicted octanol–water partition coefficient (Wildman–Crippen LogP) is 15.0. The Bertz CT molecular complexity index is 3880. The number of benzene rings is 9. The summed E-state index contributed by atoms with van der Waals surface area (Å²) in [4.78, 5) is 20.9. The fourth-order valence-corrected chi connectivity index (χ4v) is 11.9. The average Bonchev–Trinajstić information content (AvgIpc) is 4.00. The molecule has 0 radical (unpaired) electrons. The molecule has 5 heteroatoms. The quantitative estimate of drug-likeness (QED) is 0.177. The number of nitrogens with zero attached hydrogens (tertiary/aromatic N) is 4. The van der Waals surface area contributed by atoms with Crippen LogP contribution >= 0.6 is 11.3 Å². The normalized spacial score (nSPS) is 13.1. The Morgan fingerprint density at radius 1 is 0.344 bits per heavy atom. The number of thiophene rings is 1. The number of para-hydroxylation sites is 1. The largest absolute Gasteiger partial charge is 0.256 e. The smallest absolute Gasteiger partial charge is 0.165 e. The monoisotopic (exact) mass is 830 g/mol. The second kappa shape index (κ2) is 13.4. The van der Waals surface area contributed by atoms with Gasteiger partial charge < -0.3 is 0 Å². The summed E-state index contributed by atoms with van der Waals surface area (Å²) >= 11 is 1.79. The second-order valence-electron chi connectivity index (χ2n) is 16.9. The van der Waals surface area contributed by atoms with Crippen molar-refractivity contribution in [3.63, 3.8) is 0 Å². The van der Waals surface area contributed by atoms with Gasteiger partial charge in [-0.3, -0.25) is 4.98 Å². The van der Waals surface area contributed by atoms with Gasteiger partial charge in [0.1, 0.15) is 0 Å². The van der Waals surface area contributed by atoms with Gasteiger partial charge in [-0.1, -0.05) is 158 Å². The van der Waals surface area contributed by atoms with E-state index in [2.05, 4.69) is 194 Å². The molecule has 3 heterocycles. The van der Waals surface area contributed by atoms with E-state index in [4.69, 9.17) is 19.9 Å². The molecule has 0 saturated carbocycles. The zero-order chi connectivity index (χ0) is 41.9. The molecule has 0 aliphatic heterocycles. The molecule has 0 atom stereocenters. The van der Waals surface area contributed by atoms with Crippen molar-refractivity contribution in [3.05, 3.63) is 229 Å². The molecule has 296 valence electrons. The highest BCUT2D eigenvalue weighted by Crippen LogP contribution is 2.63. The van der Waals surface area contributed by atoms with Crippen LogP contribution in [0.4, 0.5) is 0 Å². The van der Waals surface area contributed by atoms with Crippen LogP contribution < -0.4 is 0 Å². The maximum atomic E-state index is 5.42. The molecule has 0 fully saturated rings. The number of rotatable bonds is 4. The molecule has 12 aromatic rings. The van der Waals surface area contributed by atoms with Crippen LogP contribution in [0.15, 0.2) is 206 Å². The number of fused-ring (bicyclic) bond motifs is 15. The molecule has 2 aliphatic carbocycles. The average molecular weight is 831 g/mol. The molecular formula is C59H34N4S. The summed E-state index contributed by atoms with van der Waals surface area (Å²) in [6.45, 7) is 0. The highest BCUT2D eigenvalue weighted by molar-refractivity contribution is 7.26. The van der Waals surface area contributed by atoms with Crippen molar-refractivity contribution in [3.8, 4) is 67.5 Å². The third-order valence-electron chi connectivity index (χ3n) is 13.6. The third kappa shape index (κ3) is 5.04. The van der Waals surface area contributed by atoms with E-state index in [9.17, 15) is 0 Å². The molecule has 4 nitrogen and oxygen atoms in total. The summed E-state index contributed by atoms with van der Waals surface area (Å²) in [7, 11) is 0. The van der Waals surface area contributed by atoms with Crippen LogP contribution in [0.2, 0.25) is 0 Å². The Kier molecular flexibility index (Phi) is 7.45. The molecule has 0 bridgehead atoms. The molecule has 0 amide bonds. The first-order chi connectivity index (χ1) is 31.7. The standard InChI is InChI=1S/C59H34N4S/c1-9-22-53-37(12-1)31-41(34-60-53)36-26-24-35-25-27-38(32-40(35)30-36)56-61-57(63-58(62-56)48-18-11-17-47-46-16-5-10-23-54(46)64-55(47)48)39-28-29-45-44-15-4-8-21-51(44)59(52(45)33-39)49-19-6-2-13-42(49)43-14-3-7-20-50(43)59/h1-34H. The summed E-state index contributed by atoms with van der Waals surface area (Å²) in [5.74, 6) is 1.93. The minimum atomic E-state index is -0.479. The van der Waals surface area contributed by atoms with Crippen LogP contribution in [0.3, 0.4) is 0 Å². The van der Waals surface area contributed by atoms with Crippen LogP contribution in [-0.2, 0) is 5.41 Å². The lowest BCUT2D eigenvalue weighted by molar-refractivity contribution is 0.794. The summed E-state index contributed by atoms with van der Waals surface area (Å²) in [6.07, 6.45) is 1.97. The fraction of sp³-hybridized carbons (Fsp3) is 0.0169. The van der Waals surface area contributed by atoms with Crippen LogP contribution in [0, 0.1) is 0 Å². The van der Waals surface area contributed by atoms with Crippen molar-refractivity contribution in [2.45, 2.75) is 5.41 Å². The molecule has 3 aromatic heterocycles. The zero-order valence-electron chi connectivity index (χ0n) is 34.3. The van der Waals surface area contributed by atoms with E-state index < -0.39 is 5.41 Å². The van der Waals surface area contributed by atoms with E-state index in [1.54, 1.807) is 11.3 Å². The van der Waals surface area contributed by atoms with Gasteiger partial charge in [0.2, 0.25) is 0 Å². The number of hydrogen-bond acceptors (Lipinski definition) is 5. The molecule has 2 aliphatic rings. The van der Waals surface area contributed by atoms with E-state index in [0.717, 1.165) is 49.5 Å². The maximum absolute atomic E-state index is 5.42. The number of aromatic nitrogens is 4. The zero-order valence-corrected chi connectivity index (χ0v) is 35.1. The van der Waals surface area contributed by atoms with Gasteiger partial charge in [0.25, 0.3) is 0 Å². The Morgan fingerprint density at radius 2 is 0.891 bits per heavy atom.